The van der Waals surface area contributed by atoms with Crippen LogP contribution in [0, 0.1) is 6.92 Å². The SMILES string of the molecule is Cc1cncc(-c2cnc(-c3cnccn3)c(C(=O)O)n2)c1. The molecule has 22 heavy (non-hydrogen) atoms. The van der Waals surface area contributed by atoms with Crippen LogP contribution in [0.25, 0.3) is 22.6 Å². The summed E-state index contributed by atoms with van der Waals surface area (Å²) >= 11 is 0. The first kappa shape index (κ1) is 13.7. The number of pyridine rings is 1. The van der Waals surface area contributed by atoms with Crippen molar-refractivity contribution >= 4 is 5.97 Å². The van der Waals surface area contributed by atoms with Crippen molar-refractivity contribution in [3.05, 3.63) is 54.5 Å². The van der Waals surface area contributed by atoms with Gasteiger partial charge in [-0.2, -0.15) is 0 Å². The van der Waals surface area contributed by atoms with E-state index in [-0.39, 0.29) is 11.4 Å². The van der Waals surface area contributed by atoms with Gasteiger partial charge in [-0.3, -0.25) is 15.0 Å². The first-order valence-electron chi connectivity index (χ1n) is 6.44. The summed E-state index contributed by atoms with van der Waals surface area (Å²) in [6.45, 7) is 1.90. The zero-order chi connectivity index (χ0) is 15.5. The highest BCUT2D eigenvalue weighted by atomic mass is 16.4. The molecule has 0 aliphatic rings. The zero-order valence-corrected chi connectivity index (χ0v) is 11.6. The highest BCUT2D eigenvalue weighted by Gasteiger charge is 2.18. The minimum atomic E-state index is -1.17. The van der Waals surface area contributed by atoms with Crippen molar-refractivity contribution in [3.8, 4) is 22.6 Å². The smallest absolute Gasteiger partial charge is 0.356 e. The molecule has 3 rings (SSSR count). The number of nitrogens with zero attached hydrogens (tertiary/aromatic N) is 5. The third kappa shape index (κ3) is 2.64. The summed E-state index contributed by atoms with van der Waals surface area (Å²) < 4.78 is 0. The molecule has 0 saturated heterocycles. The van der Waals surface area contributed by atoms with Gasteiger partial charge in [0.25, 0.3) is 0 Å². The van der Waals surface area contributed by atoms with Crippen molar-refractivity contribution in [2.75, 3.05) is 0 Å². The molecule has 3 aromatic rings. The number of aromatic nitrogens is 5. The van der Waals surface area contributed by atoms with E-state index in [1.54, 1.807) is 12.4 Å². The van der Waals surface area contributed by atoms with Crippen LogP contribution in [-0.2, 0) is 0 Å². The maximum atomic E-state index is 11.5. The molecular formula is C15H11N5O2. The molecular weight excluding hydrogens is 282 g/mol. The molecule has 108 valence electrons. The summed E-state index contributed by atoms with van der Waals surface area (Å²) in [6.07, 6.45) is 9.26. The zero-order valence-electron chi connectivity index (χ0n) is 11.6. The van der Waals surface area contributed by atoms with Crippen LogP contribution in [0.2, 0.25) is 0 Å². The van der Waals surface area contributed by atoms with Crippen molar-refractivity contribution in [2.24, 2.45) is 0 Å². The molecule has 7 nitrogen and oxygen atoms in total. The van der Waals surface area contributed by atoms with Crippen LogP contribution in [-0.4, -0.2) is 36.0 Å². The Labute approximate surface area is 125 Å². The van der Waals surface area contributed by atoms with E-state index >= 15 is 0 Å². The van der Waals surface area contributed by atoms with Crippen molar-refractivity contribution in [2.45, 2.75) is 6.92 Å². The van der Waals surface area contributed by atoms with Gasteiger partial charge < -0.3 is 5.11 Å². The van der Waals surface area contributed by atoms with E-state index in [4.69, 9.17) is 0 Å². The van der Waals surface area contributed by atoms with Gasteiger partial charge in [0.2, 0.25) is 0 Å². The molecule has 0 radical (unpaired) electrons. The van der Waals surface area contributed by atoms with E-state index in [0.717, 1.165) is 5.56 Å². The van der Waals surface area contributed by atoms with Crippen LogP contribution in [0.5, 0.6) is 0 Å². The Morgan fingerprint density at radius 3 is 2.55 bits per heavy atom. The number of hydrogen-bond acceptors (Lipinski definition) is 6. The largest absolute Gasteiger partial charge is 0.476 e. The molecule has 3 heterocycles. The second-order valence-corrected chi connectivity index (χ2v) is 4.60. The van der Waals surface area contributed by atoms with Gasteiger partial charge in [-0.05, 0) is 18.6 Å². The lowest BCUT2D eigenvalue weighted by molar-refractivity contribution is 0.0691. The third-order valence-corrected chi connectivity index (χ3v) is 2.95. The van der Waals surface area contributed by atoms with Crippen molar-refractivity contribution in [3.63, 3.8) is 0 Å². The standard InChI is InChI=1S/C15H11N5O2/c1-9-4-10(6-17-5-9)11-8-19-13(14(20-11)15(21)22)12-7-16-2-3-18-12/h2-8H,1H3,(H,21,22). The first-order valence-corrected chi connectivity index (χ1v) is 6.44. The summed E-state index contributed by atoms with van der Waals surface area (Å²) in [5, 5.41) is 9.39. The lowest BCUT2D eigenvalue weighted by Gasteiger charge is -2.06. The Morgan fingerprint density at radius 2 is 1.86 bits per heavy atom. The van der Waals surface area contributed by atoms with Gasteiger partial charge in [0.1, 0.15) is 11.4 Å². The summed E-state index contributed by atoms with van der Waals surface area (Å²) in [6, 6.07) is 1.87. The topological polar surface area (TPSA) is 102 Å². The van der Waals surface area contributed by atoms with Gasteiger partial charge in [-0.15, -0.1) is 0 Å². The highest BCUT2D eigenvalue weighted by Crippen LogP contribution is 2.22. The molecule has 0 amide bonds. The molecule has 1 N–H and O–H groups in total. The van der Waals surface area contributed by atoms with Crippen LogP contribution >= 0.6 is 0 Å². The maximum Gasteiger partial charge on any atom is 0.356 e. The molecule has 7 heteroatoms. The summed E-state index contributed by atoms with van der Waals surface area (Å²) in [7, 11) is 0. The Hall–Kier alpha value is -3.22. The fourth-order valence-electron chi connectivity index (χ4n) is 1.98. The first-order chi connectivity index (χ1) is 10.6. The van der Waals surface area contributed by atoms with Gasteiger partial charge in [-0.25, -0.2) is 14.8 Å². The number of carbonyl (C=O) groups is 1. The predicted molar refractivity (Wildman–Crippen MR) is 78.0 cm³/mol. The molecule has 0 atom stereocenters. The molecule has 0 spiro atoms. The number of aromatic carboxylic acids is 1. The summed E-state index contributed by atoms with van der Waals surface area (Å²) in [5.41, 5.74) is 2.49. The van der Waals surface area contributed by atoms with E-state index in [0.29, 0.717) is 17.0 Å². The highest BCUT2D eigenvalue weighted by molar-refractivity contribution is 5.92. The molecule has 3 aromatic heterocycles. The van der Waals surface area contributed by atoms with Crippen LogP contribution in [0.1, 0.15) is 16.1 Å². The van der Waals surface area contributed by atoms with Gasteiger partial charge in [0, 0.05) is 30.4 Å². The van der Waals surface area contributed by atoms with E-state index in [9.17, 15) is 9.90 Å². The van der Waals surface area contributed by atoms with Crippen molar-refractivity contribution < 1.29 is 9.90 Å². The second kappa shape index (κ2) is 5.65. The minimum absolute atomic E-state index is 0.167. The Morgan fingerprint density at radius 1 is 1.00 bits per heavy atom. The normalized spacial score (nSPS) is 10.4. The second-order valence-electron chi connectivity index (χ2n) is 4.60. The van der Waals surface area contributed by atoms with Gasteiger partial charge in [0.05, 0.1) is 18.1 Å². The van der Waals surface area contributed by atoms with E-state index in [1.165, 1.54) is 24.8 Å². The number of rotatable bonds is 3. The number of carboxylic acids is 1. The summed E-state index contributed by atoms with van der Waals surface area (Å²) in [4.78, 5) is 31.9. The lowest BCUT2D eigenvalue weighted by Crippen LogP contribution is -2.07. The van der Waals surface area contributed by atoms with E-state index in [2.05, 4.69) is 24.9 Å². The monoisotopic (exact) mass is 293 g/mol. The Kier molecular flexibility index (Phi) is 3.53. The quantitative estimate of drug-likeness (QED) is 0.787. The van der Waals surface area contributed by atoms with Crippen molar-refractivity contribution in [1.29, 1.82) is 0 Å². The molecule has 0 bridgehead atoms. The van der Waals surface area contributed by atoms with Gasteiger partial charge in [-0.1, -0.05) is 0 Å². The fourth-order valence-corrected chi connectivity index (χ4v) is 1.98. The van der Waals surface area contributed by atoms with E-state index < -0.39 is 5.97 Å². The average molecular weight is 293 g/mol. The third-order valence-electron chi connectivity index (χ3n) is 2.95. The van der Waals surface area contributed by atoms with Gasteiger partial charge >= 0.3 is 5.97 Å². The van der Waals surface area contributed by atoms with Crippen LogP contribution < -0.4 is 0 Å². The number of hydrogen-bond donors (Lipinski definition) is 1. The van der Waals surface area contributed by atoms with Crippen LogP contribution in [0.4, 0.5) is 0 Å². The molecule has 0 aromatic carbocycles. The maximum absolute atomic E-state index is 11.5. The van der Waals surface area contributed by atoms with Crippen LogP contribution in [0.15, 0.2) is 43.2 Å². The molecule has 0 aliphatic carbocycles. The van der Waals surface area contributed by atoms with Crippen molar-refractivity contribution in [1.82, 2.24) is 24.9 Å². The Balaban J connectivity index is 2.14. The minimum Gasteiger partial charge on any atom is -0.476 e. The number of carboxylic acid groups (broad SMARTS) is 1. The summed E-state index contributed by atoms with van der Waals surface area (Å²) in [5.74, 6) is -1.17. The van der Waals surface area contributed by atoms with Crippen LogP contribution in [0.3, 0.4) is 0 Å². The van der Waals surface area contributed by atoms with E-state index in [1.807, 2.05) is 13.0 Å². The molecule has 0 aliphatic heterocycles. The molecule has 0 unspecified atom stereocenters. The number of aryl methyl sites for hydroxylation is 1. The van der Waals surface area contributed by atoms with Gasteiger partial charge in [0.15, 0.2) is 5.69 Å². The lowest BCUT2D eigenvalue weighted by atomic mass is 10.1. The fraction of sp³-hybridized carbons (Fsp3) is 0.0667. The predicted octanol–water partition coefficient (Wildman–Crippen LogP) is 2.00. The average Bonchev–Trinajstić information content (AvgIpc) is 2.55. The Bertz CT molecular complexity index is 836. The molecule has 0 fully saturated rings. The molecule has 0 saturated carbocycles.